The molecule has 0 aromatic rings. The van der Waals surface area contributed by atoms with Gasteiger partial charge in [-0.25, -0.2) is 9.71 Å². The molecule has 0 saturated carbocycles. The zero-order valence-electron chi connectivity index (χ0n) is 6.18. The average Bonchev–Trinajstić information content (AvgIpc) is 2.36. The summed E-state index contributed by atoms with van der Waals surface area (Å²) in [6.45, 7) is 2.22. The van der Waals surface area contributed by atoms with Crippen LogP contribution in [-0.2, 0) is 4.74 Å². The van der Waals surface area contributed by atoms with Crippen LogP contribution in [0.15, 0.2) is 4.99 Å². The van der Waals surface area contributed by atoms with Gasteiger partial charge in [-0.15, -0.1) is 0 Å². The number of nitrogens with one attached hydrogen (secondary N) is 1. The predicted molar refractivity (Wildman–Crippen MR) is 53.9 cm³/mol. The second kappa shape index (κ2) is 3.90. The highest BCUT2D eigenvalue weighted by atomic mass is 35.6. The predicted octanol–water partition coefficient (Wildman–Crippen LogP) is 2.33. The largest absolute Gasteiger partial charge is 0.338 e. The third-order valence-corrected chi connectivity index (χ3v) is 2.60. The standard InChI is InChI=1S/C5H7Cl3N2OS/c1-2-11-5(4(6,7)8)9-3-12-10-5/h3,10H,2H2,1H3. The van der Waals surface area contributed by atoms with Crippen molar-refractivity contribution in [3.8, 4) is 0 Å². The zero-order chi connectivity index (χ0) is 9.24. The lowest BCUT2D eigenvalue weighted by Gasteiger charge is -2.31. The summed E-state index contributed by atoms with van der Waals surface area (Å²) in [6, 6.07) is 0. The molecule has 3 nitrogen and oxygen atoms in total. The lowest BCUT2D eigenvalue weighted by molar-refractivity contribution is -0.0336. The Morgan fingerprint density at radius 1 is 1.67 bits per heavy atom. The number of nitrogens with zero attached hydrogens (tertiary/aromatic N) is 1. The minimum absolute atomic E-state index is 0.415. The lowest BCUT2D eigenvalue weighted by Crippen LogP contribution is -2.51. The van der Waals surface area contributed by atoms with Gasteiger partial charge < -0.3 is 4.74 Å². The Morgan fingerprint density at radius 3 is 2.67 bits per heavy atom. The van der Waals surface area contributed by atoms with Crippen molar-refractivity contribution >= 4 is 52.3 Å². The van der Waals surface area contributed by atoms with Gasteiger partial charge in [-0.2, -0.15) is 0 Å². The average molecular weight is 250 g/mol. The van der Waals surface area contributed by atoms with Crippen molar-refractivity contribution in [3.63, 3.8) is 0 Å². The van der Waals surface area contributed by atoms with Crippen molar-refractivity contribution in [1.29, 1.82) is 0 Å². The number of hydrogen-bond donors (Lipinski definition) is 1. The summed E-state index contributed by atoms with van der Waals surface area (Å²) in [5.74, 6) is -1.24. The van der Waals surface area contributed by atoms with Gasteiger partial charge in [-0.05, 0) is 18.9 Å². The molecule has 0 aromatic carbocycles. The van der Waals surface area contributed by atoms with Gasteiger partial charge in [0.15, 0.2) is 0 Å². The van der Waals surface area contributed by atoms with Gasteiger partial charge >= 0.3 is 0 Å². The molecule has 7 heteroatoms. The Bertz CT molecular complexity index is 196. The Labute approximate surface area is 89.9 Å². The van der Waals surface area contributed by atoms with Gasteiger partial charge in [0.1, 0.15) is 0 Å². The van der Waals surface area contributed by atoms with Crippen LogP contribution in [0.25, 0.3) is 0 Å². The number of halogens is 3. The zero-order valence-corrected chi connectivity index (χ0v) is 9.27. The number of hydrogen-bond acceptors (Lipinski definition) is 4. The summed E-state index contributed by atoms with van der Waals surface area (Å²) < 4.78 is 6.41. The van der Waals surface area contributed by atoms with Crippen LogP contribution in [0.2, 0.25) is 0 Å². The molecule has 0 amide bonds. The molecular formula is C5H7Cl3N2OS. The molecule has 1 rings (SSSR count). The van der Waals surface area contributed by atoms with E-state index < -0.39 is 9.64 Å². The molecule has 0 spiro atoms. The van der Waals surface area contributed by atoms with E-state index in [0.717, 1.165) is 0 Å². The topological polar surface area (TPSA) is 33.6 Å². The first-order valence-corrected chi connectivity index (χ1v) is 5.20. The molecule has 1 unspecified atom stereocenters. The molecule has 1 aliphatic heterocycles. The van der Waals surface area contributed by atoms with E-state index in [9.17, 15) is 0 Å². The van der Waals surface area contributed by atoms with Crippen LogP contribution < -0.4 is 4.72 Å². The van der Waals surface area contributed by atoms with E-state index in [1.807, 2.05) is 0 Å². The molecule has 1 N–H and O–H groups in total. The Hall–Kier alpha value is 0.810. The first-order valence-electron chi connectivity index (χ1n) is 3.19. The molecule has 12 heavy (non-hydrogen) atoms. The molecule has 1 atom stereocenters. The van der Waals surface area contributed by atoms with Crippen LogP contribution in [0.3, 0.4) is 0 Å². The van der Waals surface area contributed by atoms with E-state index in [2.05, 4.69) is 9.71 Å². The third kappa shape index (κ3) is 2.00. The van der Waals surface area contributed by atoms with Gasteiger partial charge in [0.25, 0.3) is 9.64 Å². The van der Waals surface area contributed by atoms with E-state index in [0.29, 0.717) is 6.61 Å². The SMILES string of the molecule is CCOC1(C(Cl)(Cl)Cl)N=CSN1. The quantitative estimate of drug-likeness (QED) is 0.602. The first kappa shape index (κ1) is 10.9. The van der Waals surface area contributed by atoms with E-state index in [4.69, 9.17) is 39.5 Å². The minimum atomic E-state index is -1.61. The Kier molecular flexibility index (Phi) is 3.54. The van der Waals surface area contributed by atoms with Crippen LogP contribution >= 0.6 is 46.8 Å². The molecular weight excluding hydrogens is 242 g/mol. The monoisotopic (exact) mass is 248 g/mol. The molecule has 0 aliphatic carbocycles. The molecule has 0 saturated heterocycles. The highest BCUT2D eigenvalue weighted by molar-refractivity contribution is 8.10. The van der Waals surface area contributed by atoms with Gasteiger partial charge in [0.2, 0.25) is 0 Å². The fourth-order valence-electron chi connectivity index (χ4n) is 0.722. The molecule has 1 heterocycles. The normalized spacial score (nSPS) is 29.7. The Balaban J connectivity index is 2.80. The molecule has 70 valence electrons. The third-order valence-electron chi connectivity index (χ3n) is 1.22. The number of ether oxygens (including phenoxy) is 1. The smallest absolute Gasteiger partial charge is 0.274 e. The number of rotatable bonds is 2. The highest BCUT2D eigenvalue weighted by Gasteiger charge is 2.51. The van der Waals surface area contributed by atoms with Crippen molar-refractivity contribution in [3.05, 3.63) is 0 Å². The maximum Gasteiger partial charge on any atom is 0.274 e. The fraction of sp³-hybridized carbons (Fsp3) is 0.800. The van der Waals surface area contributed by atoms with Crippen LogP contribution in [-0.4, -0.2) is 21.8 Å². The lowest BCUT2D eigenvalue weighted by atomic mass is 10.5. The molecule has 0 aromatic heterocycles. The highest BCUT2D eigenvalue weighted by Crippen LogP contribution is 2.42. The molecule has 0 radical (unpaired) electrons. The molecule has 1 aliphatic rings. The van der Waals surface area contributed by atoms with E-state index in [-0.39, 0.29) is 0 Å². The molecule has 0 bridgehead atoms. The van der Waals surface area contributed by atoms with Crippen LogP contribution in [0.4, 0.5) is 0 Å². The maximum absolute atomic E-state index is 5.69. The van der Waals surface area contributed by atoms with Crippen molar-refractivity contribution in [2.24, 2.45) is 4.99 Å². The number of aliphatic imine (C=N–C) groups is 1. The fourth-order valence-corrected chi connectivity index (χ4v) is 2.02. The van der Waals surface area contributed by atoms with Crippen molar-refractivity contribution < 1.29 is 4.74 Å². The maximum atomic E-state index is 5.69. The Morgan fingerprint density at radius 2 is 2.33 bits per heavy atom. The number of alkyl halides is 3. The van der Waals surface area contributed by atoms with Crippen molar-refractivity contribution in [1.82, 2.24) is 4.72 Å². The van der Waals surface area contributed by atoms with Crippen LogP contribution in [0, 0.1) is 0 Å². The van der Waals surface area contributed by atoms with E-state index >= 15 is 0 Å². The minimum Gasteiger partial charge on any atom is -0.338 e. The van der Waals surface area contributed by atoms with E-state index in [1.165, 1.54) is 17.5 Å². The van der Waals surface area contributed by atoms with E-state index in [1.54, 1.807) is 6.92 Å². The summed E-state index contributed by atoms with van der Waals surface area (Å²) in [6.07, 6.45) is 0. The van der Waals surface area contributed by atoms with Crippen LogP contribution in [0.1, 0.15) is 6.92 Å². The van der Waals surface area contributed by atoms with Crippen molar-refractivity contribution in [2.45, 2.75) is 16.6 Å². The second-order valence-corrected chi connectivity index (χ2v) is 4.96. The molecule has 0 fully saturated rings. The van der Waals surface area contributed by atoms with Crippen LogP contribution in [0.5, 0.6) is 0 Å². The van der Waals surface area contributed by atoms with Gasteiger partial charge in [0.05, 0.1) is 5.55 Å². The van der Waals surface area contributed by atoms with Gasteiger partial charge in [0, 0.05) is 6.61 Å². The summed E-state index contributed by atoms with van der Waals surface area (Å²) in [5.41, 5.74) is 1.54. The van der Waals surface area contributed by atoms with Gasteiger partial charge in [-0.1, -0.05) is 34.8 Å². The summed E-state index contributed by atoms with van der Waals surface area (Å²) in [4.78, 5) is 3.94. The first-order chi connectivity index (χ1) is 5.52. The van der Waals surface area contributed by atoms with Crippen molar-refractivity contribution in [2.75, 3.05) is 6.61 Å². The second-order valence-electron chi connectivity index (χ2n) is 2.03. The van der Waals surface area contributed by atoms with Gasteiger partial charge in [-0.3, -0.25) is 0 Å². The summed E-state index contributed by atoms with van der Waals surface area (Å²) in [5, 5.41) is 0. The summed E-state index contributed by atoms with van der Waals surface area (Å²) in [7, 11) is 0. The summed E-state index contributed by atoms with van der Waals surface area (Å²) >= 11 is 18.3.